The molecule has 0 fully saturated rings. The minimum absolute atomic E-state index is 0.144. The van der Waals surface area contributed by atoms with E-state index in [1.165, 1.54) is 63.6 Å². The second-order valence-electron chi connectivity index (χ2n) is 10.3. The number of esters is 2. The van der Waals surface area contributed by atoms with Crippen molar-refractivity contribution in [3.63, 3.8) is 0 Å². The van der Waals surface area contributed by atoms with Crippen LogP contribution in [0.4, 0.5) is 0 Å². The number of unbranched alkanes of at least 4 members (excludes halogenated alkanes) is 10. The molecular weight excluding hydrogens is 528 g/mol. The number of amides is 1. The van der Waals surface area contributed by atoms with Gasteiger partial charge in [-0.25, -0.2) is 15.0 Å². The molecule has 3 aromatic carbocycles. The molecule has 0 radical (unpaired) electrons. The Morgan fingerprint density at radius 3 is 1.76 bits per heavy atom. The standard InChI is InChI=1S/C35H42N2O5/c1-2-3-4-5-6-7-8-9-10-11-18-23-33(38)37-36-27-30-24-25-31(41-34(39)28-19-14-12-15-20-28)26-32(30)42-35(40)29-21-16-13-17-22-29/h12-17,19-22,24-27H,2-11,18,23H2,1H3,(H,37,38)/b36-27-. The van der Waals surface area contributed by atoms with Crippen molar-refractivity contribution in [3.05, 3.63) is 95.6 Å². The van der Waals surface area contributed by atoms with Gasteiger partial charge in [0, 0.05) is 18.1 Å². The number of nitrogens with one attached hydrogen (secondary N) is 1. The van der Waals surface area contributed by atoms with E-state index in [1.807, 2.05) is 6.07 Å². The van der Waals surface area contributed by atoms with E-state index in [-0.39, 0.29) is 17.4 Å². The fourth-order valence-electron chi connectivity index (χ4n) is 4.43. The van der Waals surface area contributed by atoms with Crippen molar-refractivity contribution in [2.24, 2.45) is 5.10 Å². The normalized spacial score (nSPS) is 10.9. The highest BCUT2D eigenvalue weighted by molar-refractivity contribution is 5.94. The smallest absolute Gasteiger partial charge is 0.343 e. The maximum absolute atomic E-state index is 12.7. The van der Waals surface area contributed by atoms with E-state index in [4.69, 9.17) is 9.47 Å². The molecule has 0 aliphatic heterocycles. The summed E-state index contributed by atoms with van der Waals surface area (Å²) in [6.07, 6.45) is 15.2. The van der Waals surface area contributed by atoms with Crippen LogP contribution >= 0.6 is 0 Å². The predicted octanol–water partition coefficient (Wildman–Crippen LogP) is 8.28. The first-order valence-corrected chi connectivity index (χ1v) is 15.1. The van der Waals surface area contributed by atoms with Crippen LogP contribution < -0.4 is 14.9 Å². The molecule has 7 heteroatoms. The van der Waals surface area contributed by atoms with E-state index in [9.17, 15) is 14.4 Å². The molecule has 1 N–H and O–H groups in total. The average Bonchev–Trinajstić information content (AvgIpc) is 3.01. The Bertz CT molecular complexity index is 1280. The predicted molar refractivity (Wildman–Crippen MR) is 166 cm³/mol. The second-order valence-corrected chi connectivity index (χ2v) is 10.3. The molecule has 0 heterocycles. The maximum atomic E-state index is 12.7. The Morgan fingerprint density at radius 1 is 0.667 bits per heavy atom. The van der Waals surface area contributed by atoms with Gasteiger partial charge in [0.05, 0.1) is 17.3 Å². The molecule has 0 saturated carbocycles. The molecule has 0 saturated heterocycles. The number of benzene rings is 3. The van der Waals surface area contributed by atoms with Crippen molar-refractivity contribution >= 4 is 24.1 Å². The molecule has 3 rings (SSSR count). The number of carbonyl (C=O) groups excluding carboxylic acids is 3. The van der Waals surface area contributed by atoms with Crippen LogP contribution in [0.25, 0.3) is 0 Å². The molecule has 0 aromatic heterocycles. The lowest BCUT2D eigenvalue weighted by molar-refractivity contribution is -0.121. The van der Waals surface area contributed by atoms with Crippen molar-refractivity contribution in [2.45, 2.75) is 84.0 Å². The third kappa shape index (κ3) is 12.1. The Balaban J connectivity index is 1.50. The molecule has 0 aliphatic rings. The molecule has 3 aromatic rings. The van der Waals surface area contributed by atoms with Gasteiger partial charge in [-0.2, -0.15) is 5.10 Å². The molecule has 222 valence electrons. The lowest BCUT2D eigenvalue weighted by Gasteiger charge is -2.10. The highest BCUT2D eigenvalue weighted by Crippen LogP contribution is 2.26. The number of rotatable bonds is 18. The Morgan fingerprint density at radius 2 is 1.19 bits per heavy atom. The highest BCUT2D eigenvalue weighted by Gasteiger charge is 2.15. The molecular formula is C35H42N2O5. The molecule has 1 amide bonds. The van der Waals surface area contributed by atoms with Crippen LogP contribution in [0.5, 0.6) is 11.5 Å². The fourth-order valence-corrected chi connectivity index (χ4v) is 4.43. The Labute approximate surface area is 249 Å². The summed E-state index contributed by atoms with van der Waals surface area (Å²) in [5, 5.41) is 4.07. The van der Waals surface area contributed by atoms with Gasteiger partial charge in [0.1, 0.15) is 11.5 Å². The second kappa shape index (κ2) is 19.0. The summed E-state index contributed by atoms with van der Waals surface area (Å²) in [5.74, 6) is -0.925. The summed E-state index contributed by atoms with van der Waals surface area (Å²) < 4.78 is 11.1. The first-order valence-electron chi connectivity index (χ1n) is 15.1. The zero-order valence-corrected chi connectivity index (χ0v) is 24.6. The minimum Gasteiger partial charge on any atom is -0.423 e. The Kier molecular flexibility index (Phi) is 14.6. The number of carbonyl (C=O) groups is 3. The zero-order chi connectivity index (χ0) is 29.8. The first-order chi connectivity index (χ1) is 20.6. The van der Waals surface area contributed by atoms with Crippen LogP contribution in [0.1, 0.15) is 110 Å². The molecule has 0 atom stereocenters. The van der Waals surface area contributed by atoms with E-state index in [0.29, 0.717) is 23.1 Å². The van der Waals surface area contributed by atoms with E-state index in [1.54, 1.807) is 66.7 Å². The minimum atomic E-state index is -0.572. The number of hydrazone groups is 1. The van der Waals surface area contributed by atoms with Crippen LogP contribution in [-0.2, 0) is 4.79 Å². The molecule has 7 nitrogen and oxygen atoms in total. The zero-order valence-electron chi connectivity index (χ0n) is 24.6. The van der Waals surface area contributed by atoms with Crippen LogP contribution in [0.2, 0.25) is 0 Å². The van der Waals surface area contributed by atoms with Crippen LogP contribution in [0, 0.1) is 0 Å². The van der Waals surface area contributed by atoms with Crippen LogP contribution in [0.15, 0.2) is 84.0 Å². The highest BCUT2D eigenvalue weighted by atomic mass is 16.5. The quantitative estimate of drug-likeness (QED) is 0.0546. The van der Waals surface area contributed by atoms with Crippen molar-refractivity contribution < 1.29 is 23.9 Å². The van der Waals surface area contributed by atoms with Gasteiger partial charge in [-0.05, 0) is 42.8 Å². The summed E-state index contributed by atoms with van der Waals surface area (Å²) in [7, 11) is 0. The van der Waals surface area contributed by atoms with Crippen molar-refractivity contribution in [1.29, 1.82) is 0 Å². The summed E-state index contributed by atoms with van der Waals surface area (Å²) in [4.78, 5) is 37.5. The van der Waals surface area contributed by atoms with Gasteiger partial charge in [0.25, 0.3) is 0 Å². The number of ether oxygens (including phenoxy) is 2. The summed E-state index contributed by atoms with van der Waals surface area (Å²) in [5.41, 5.74) is 3.75. The lowest BCUT2D eigenvalue weighted by atomic mass is 10.1. The SMILES string of the molecule is CCCCCCCCCCCCCC(=O)N/N=C\c1ccc(OC(=O)c2ccccc2)cc1OC(=O)c1ccccc1. The largest absolute Gasteiger partial charge is 0.423 e. The average molecular weight is 571 g/mol. The monoisotopic (exact) mass is 570 g/mol. The van der Waals surface area contributed by atoms with Gasteiger partial charge in [-0.1, -0.05) is 108 Å². The van der Waals surface area contributed by atoms with Gasteiger partial charge in [0.15, 0.2) is 0 Å². The first kappa shape index (κ1) is 32.3. The van der Waals surface area contributed by atoms with E-state index in [2.05, 4.69) is 17.5 Å². The van der Waals surface area contributed by atoms with Crippen LogP contribution in [-0.4, -0.2) is 24.1 Å². The fraction of sp³-hybridized carbons (Fsp3) is 0.371. The van der Waals surface area contributed by atoms with Crippen molar-refractivity contribution in [2.75, 3.05) is 0 Å². The van der Waals surface area contributed by atoms with Gasteiger partial charge in [-0.3, -0.25) is 4.79 Å². The van der Waals surface area contributed by atoms with Crippen molar-refractivity contribution in [3.8, 4) is 11.5 Å². The molecule has 0 aliphatic carbocycles. The van der Waals surface area contributed by atoms with Crippen molar-refractivity contribution in [1.82, 2.24) is 5.43 Å². The molecule has 0 spiro atoms. The number of hydrogen-bond donors (Lipinski definition) is 1. The maximum Gasteiger partial charge on any atom is 0.343 e. The molecule has 42 heavy (non-hydrogen) atoms. The van der Waals surface area contributed by atoms with Gasteiger partial charge in [0.2, 0.25) is 5.91 Å². The topological polar surface area (TPSA) is 94.1 Å². The van der Waals surface area contributed by atoms with Gasteiger partial charge >= 0.3 is 11.9 Å². The lowest BCUT2D eigenvalue weighted by Crippen LogP contribution is -2.17. The van der Waals surface area contributed by atoms with E-state index >= 15 is 0 Å². The Hall–Kier alpha value is -4.26. The third-order valence-electron chi connectivity index (χ3n) is 6.82. The summed E-state index contributed by atoms with van der Waals surface area (Å²) in [6, 6.07) is 21.8. The van der Waals surface area contributed by atoms with Gasteiger partial charge < -0.3 is 9.47 Å². The third-order valence-corrected chi connectivity index (χ3v) is 6.82. The number of hydrogen-bond acceptors (Lipinski definition) is 6. The van der Waals surface area contributed by atoms with Gasteiger partial charge in [-0.15, -0.1) is 0 Å². The summed E-state index contributed by atoms with van der Waals surface area (Å²) >= 11 is 0. The number of nitrogens with zero attached hydrogens (tertiary/aromatic N) is 1. The molecule has 0 bridgehead atoms. The van der Waals surface area contributed by atoms with E-state index < -0.39 is 11.9 Å². The van der Waals surface area contributed by atoms with E-state index in [0.717, 1.165) is 19.3 Å². The molecule has 0 unspecified atom stereocenters. The van der Waals surface area contributed by atoms with Crippen LogP contribution in [0.3, 0.4) is 0 Å². The summed E-state index contributed by atoms with van der Waals surface area (Å²) in [6.45, 7) is 2.24.